The van der Waals surface area contributed by atoms with E-state index < -0.39 is 0 Å². The number of nitrogens with one attached hydrogen (secondary N) is 1. The molecule has 33 heavy (non-hydrogen) atoms. The van der Waals surface area contributed by atoms with Gasteiger partial charge in [-0.15, -0.1) is 0 Å². The summed E-state index contributed by atoms with van der Waals surface area (Å²) >= 11 is 0. The van der Waals surface area contributed by atoms with Gasteiger partial charge in [0.1, 0.15) is 36.2 Å². The molecule has 7 heteroatoms. The number of anilines is 1. The number of carbonyl (C=O) groups is 1. The van der Waals surface area contributed by atoms with Crippen molar-refractivity contribution in [1.82, 2.24) is 4.90 Å². The molecule has 0 saturated carbocycles. The zero-order valence-corrected chi connectivity index (χ0v) is 19.0. The van der Waals surface area contributed by atoms with Crippen molar-refractivity contribution in [2.45, 2.75) is 0 Å². The van der Waals surface area contributed by atoms with Crippen LogP contribution in [0.1, 0.15) is 0 Å². The van der Waals surface area contributed by atoms with E-state index in [0.29, 0.717) is 43.5 Å². The molecular weight excluding hydrogens is 420 g/mol. The van der Waals surface area contributed by atoms with Crippen LogP contribution in [0, 0.1) is 0 Å². The van der Waals surface area contributed by atoms with E-state index in [9.17, 15) is 4.79 Å². The number of methoxy groups -OCH3 is 2. The molecule has 7 nitrogen and oxygen atoms in total. The van der Waals surface area contributed by atoms with Gasteiger partial charge in [-0.05, 0) is 24.3 Å². The number of carbonyl (C=O) groups excluding carboxylic acids is 1. The third-order valence-corrected chi connectivity index (χ3v) is 4.84. The second kappa shape index (κ2) is 13.0. The van der Waals surface area contributed by atoms with Gasteiger partial charge in [-0.3, -0.25) is 9.69 Å². The molecule has 0 unspecified atom stereocenters. The average Bonchev–Trinajstić information content (AvgIpc) is 2.85. The van der Waals surface area contributed by atoms with Crippen molar-refractivity contribution < 1.29 is 23.7 Å². The van der Waals surface area contributed by atoms with Crippen LogP contribution in [0.15, 0.2) is 78.9 Å². The molecule has 3 rings (SSSR count). The Kier molecular flexibility index (Phi) is 9.42. The number of hydrogen-bond acceptors (Lipinski definition) is 6. The number of nitrogens with zero attached hydrogens (tertiary/aromatic N) is 1. The van der Waals surface area contributed by atoms with Gasteiger partial charge >= 0.3 is 0 Å². The Balaban J connectivity index is 1.57. The van der Waals surface area contributed by atoms with E-state index in [2.05, 4.69) is 5.32 Å². The van der Waals surface area contributed by atoms with Crippen molar-refractivity contribution in [3.05, 3.63) is 78.9 Å². The number of amides is 1. The summed E-state index contributed by atoms with van der Waals surface area (Å²) in [6, 6.07) is 24.5. The fourth-order valence-corrected chi connectivity index (χ4v) is 3.17. The first kappa shape index (κ1) is 23.9. The minimum absolute atomic E-state index is 0.148. The Bertz CT molecular complexity index is 915. The first-order valence-electron chi connectivity index (χ1n) is 10.8. The Morgan fingerprint density at radius 1 is 0.727 bits per heavy atom. The van der Waals surface area contributed by atoms with E-state index in [1.807, 2.05) is 65.6 Å². The number of hydrogen-bond donors (Lipinski definition) is 1. The predicted octanol–water partition coefficient (Wildman–Crippen LogP) is 4.10. The van der Waals surface area contributed by atoms with Crippen LogP contribution >= 0.6 is 0 Å². The van der Waals surface area contributed by atoms with Crippen LogP contribution in [0.4, 0.5) is 5.69 Å². The Hall–Kier alpha value is -3.71. The maximum absolute atomic E-state index is 12.8. The molecule has 0 aliphatic heterocycles. The lowest BCUT2D eigenvalue weighted by Gasteiger charge is -2.22. The summed E-state index contributed by atoms with van der Waals surface area (Å²) < 4.78 is 22.2. The molecule has 1 amide bonds. The molecule has 0 aliphatic rings. The molecule has 0 aliphatic carbocycles. The molecule has 0 atom stereocenters. The molecule has 0 radical (unpaired) electrons. The SMILES string of the molecule is COc1cc(NC(=O)CN(CCOc2ccccc2)CCOc2ccccc2)cc(OC)c1. The van der Waals surface area contributed by atoms with E-state index in [1.165, 1.54) is 0 Å². The fraction of sp³-hybridized carbons (Fsp3) is 0.269. The lowest BCUT2D eigenvalue weighted by Crippen LogP contribution is -2.38. The lowest BCUT2D eigenvalue weighted by molar-refractivity contribution is -0.117. The zero-order chi connectivity index (χ0) is 23.3. The van der Waals surface area contributed by atoms with Crippen LogP contribution in [0.2, 0.25) is 0 Å². The highest BCUT2D eigenvalue weighted by Gasteiger charge is 2.13. The van der Waals surface area contributed by atoms with Crippen molar-refractivity contribution >= 4 is 11.6 Å². The molecule has 3 aromatic rings. The molecule has 0 fully saturated rings. The molecular formula is C26H30N2O5. The summed E-state index contributed by atoms with van der Waals surface area (Å²) in [7, 11) is 3.14. The Labute approximate surface area is 194 Å². The summed E-state index contributed by atoms with van der Waals surface area (Å²) in [4.78, 5) is 14.8. The van der Waals surface area contributed by atoms with Crippen molar-refractivity contribution in [1.29, 1.82) is 0 Å². The largest absolute Gasteiger partial charge is 0.497 e. The lowest BCUT2D eigenvalue weighted by atomic mass is 10.2. The highest BCUT2D eigenvalue weighted by Crippen LogP contribution is 2.25. The smallest absolute Gasteiger partial charge is 0.238 e. The van der Waals surface area contributed by atoms with Gasteiger partial charge in [0.25, 0.3) is 0 Å². The van der Waals surface area contributed by atoms with Gasteiger partial charge in [-0.25, -0.2) is 0 Å². The Morgan fingerprint density at radius 2 is 1.21 bits per heavy atom. The van der Waals surface area contributed by atoms with E-state index in [-0.39, 0.29) is 12.5 Å². The van der Waals surface area contributed by atoms with E-state index in [4.69, 9.17) is 18.9 Å². The highest BCUT2D eigenvalue weighted by atomic mass is 16.5. The number of ether oxygens (including phenoxy) is 4. The molecule has 0 aromatic heterocycles. The Morgan fingerprint density at radius 3 is 1.67 bits per heavy atom. The van der Waals surface area contributed by atoms with Crippen LogP contribution < -0.4 is 24.3 Å². The molecule has 174 valence electrons. The van der Waals surface area contributed by atoms with Gasteiger partial charge in [0.15, 0.2) is 0 Å². The maximum atomic E-state index is 12.8. The highest BCUT2D eigenvalue weighted by molar-refractivity contribution is 5.92. The van der Waals surface area contributed by atoms with Gasteiger partial charge in [0, 0.05) is 37.0 Å². The number of rotatable bonds is 13. The summed E-state index contributed by atoms with van der Waals surface area (Å²) in [5.41, 5.74) is 0.609. The molecule has 0 saturated heterocycles. The zero-order valence-electron chi connectivity index (χ0n) is 19.0. The molecule has 0 bridgehead atoms. The van der Waals surface area contributed by atoms with Gasteiger partial charge in [0.05, 0.1) is 20.8 Å². The molecule has 0 spiro atoms. The molecule has 3 aromatic carbocycles. The van der Waals surface area contributed by atoms with Gasteiger partial charge in [0.2, 0.25) is 5.91 Å². The van der Waals surface area contributed by atoms with Crippen LogP contribution in [0.5, 0.6) is 23.0 Å². The monoisotopic (exact) mass is 450 g/mol. The predicted molar refractivity (Wildman–Crippen MR) is 128 cm³/mol. The summed E-state index contributed by atoms with van der Waals surface area (Å²) in [6.45, 7) is 2.24. The topological polar surface area (TPSA) is 69.3 Å². The van der Waals surface area contributed by atoms with Gasteiger partial charge < -0.3 is 24.3 Å². The van der Waals surface area contributed by atoms with Gasteiger partial charge in [-0.2, -0.15) is 0 Å². The summed E-state index contributed by atoms with van der Waals surface area (Å²) in [5, 5.41) is 2.92. The van der Waals surface area contributed by atoms with E-state index in [1.54, 1.807) is 32.4 Å². The third kappa shape index (κ3) is 8.38. The van der Waals surface area contributed by atoms with Crippen LogP contribution in [0.25, 0.3) is 0 Å². The quantitative estimate of drug-likeness (QED) is 0.423. The summed E-state index contributed by atoms with van der Waals surface area (Å²) in [5.74, 6) is 2.66. The van der Waals surface area contributed by atoms with E-state index in [0.717, 1.165) is 11.5 Å². The van der Waals surface area contributed by atoms with Crippen molar-refractivity contribution in [2.75, 3.05) is 52.4 Å². The van der Waals surface area contributed by atoms with E-state index >= 15 is 0 Å². The van der Waals surface area contributed by atoms with Crippen LogP contribution in [-0.4, -0.2) is 57.9 Å². The maximum Gasteiger partial charge on any atom is 0.238 e. The van der Waals surface area contributed by atoms with Crippen molar-refractivity contribution in [2.24, 2.45) is 0 Å². The minimum Gasteiger partial charge on any atom is -0.497 e. The van der Waals surface area contributed by atoms with Crippen LogP contribution in [0.3, 0.4) is 0 Å². The second-order valence-electron chi connectivity index (χ2n) is 7.25. The molecule has 1 N–H and O–H groups in total. The standard InChI is InChI=1S/C26H30N2O5/c1-30-24-17-21(18-25(19-24)31-2)27-26(29)20-28(13-15-32-22-9-5-3-6-10-22)14-16-33-23-11-7-4-8-12-23/h3-12,17-19H,13-16,20H2,1-2H3,(H,27,29). The van der Waals surface area contributed by atoms with Crippen molar-refractivity contribution in [3.63, 3.8) is 0 Å². The summed E-state index contributed by atoms with van der Waals surface area (Å²) in [6.07, 6.45) is 0. The van der Waals surface area contributed by atoms with Crippen molar-refractivity contribution in [3.8, 4) is 23.0 Å². The number of para-hydroxylation sites is 2. The first-order chi connectivity index (χ1) is 16.2. The van der Waals surface area contributed by atoms with Crippen LogP contribution in [-0.2, 0) is 4.79 Å². The fourth-order valence-electron chi connectivity index (χ4n) is 3.17. The minimum atomic E-state index is -0.148. The second-order valence-corrected chi connectivity index (χ2v) is 7.25. The average molecular weight is 451 g/mol. The normalized spacial score (nSPS) is 10.5. The molecule has 0 heterocycles. The first-order valence-corrected chi connectivity index (χ1v) is 10.8. The van der Waals surface area contributed by atoms with Gasteiger partial charge in [-0.1, -0.05) is 36.4 Å². The number of benzene rings is 3. The third-order valence-electron chi connectivity index (χ3n) is 4.84.